The van der Waals surface area contributed by atoms with Gasteiger partial charge in [0.2, 0.25) is 5.91 Å². The highest BCUT2D eigenvalue weighted by molar-refractivity contribution is 6.31. The van der Waals surface area contributed by atoms with Crippen LogP contribution in [-0.2, 0) is 4.79 Å². The van der Waals surface area contributed by atoms with Crippen LogP contribution in [0.15, 0.2) is 18.2 Å². The molecule has 1 aliphatic heterocycles. The summed E-state index contributed by atoms with van der Waals surface area (Å²) in [4.78, 5) is 25.7. The van der Waals surface area contributed by atoms with Crippen molar-refractivity contribution >= 4 is 23.5 Å². The summed E-state index contributed by atoms with van der Waals surface area (Å²) in [5.74, 6) is -0.604. The van der Waals surface area contributed by atoms with Gasteiger partial charge in [-0.15, -0.1) is 0 Å². The van der Waals surface area contributed by atoms with E-state index >= 15 is 0 Å². The highest BCUT2D eigenvalue weighted by atomic mass is 35.5. The van der Waals surface area contributed by atoms with Crippen LogP contribution in [0.5, 0.6) is 0 Å². The van der Waals surface area contributed by atoms with Gasteiger partial charge < -0.3 is 15.5 Å². The zero-order valence-electron chi connectivity index (χ0n) is 12.8. The zero-order chi connectivity index (χ0) is 16.6. The van der Waals surface area contributed by atoms with E-state index in [4.69, 9.17) is 11.6 Å². The highest BCUT2D eigenvalue weighted by Gasteiger charge is 2.43. The average molecular weight is 340 g/mol. The van der Waals surface area contributed by atoms with Crippen molar-refractivity contribution in [1.82, 2.24) is 15.5 Å². The van der Waals surface area contributed by atoms with E-state index in [2.05, 4.69) is 10.6 Å². The van der Waals surface area contributed by atoms with E-state index in [9.17, 15) is 14.0 Å². The molecule has 0 spiro atoms. The molecule has 2 aliphatic rings. The first-order valence-electron chi connectivity index (χ1n) is 7.78. The van der Waals surface area contributed by atoms with Gasteiger partial charge in [-0.05, 0) is 31.9 Å². The molecule has 1 aromatic carbocycles. The molecule has 1 aliphatic carbocycles. The number of benzene rings is 1. The number of nitrogens with zero attached hydrogens (tertiary/aromatic N) is 1. The fourth-order valence-electron chi connectivity index (χ4n) is 3.00. The number of hydrogen-bond donors (Lipinski definition) is 2. The number of urea groups is 1. The van der Waals surface area contributed by atoms with Crippen LogP contribution >= 0.6 is 11.6 Å². The molecule has 0 bridgehead atoms. The van der Waals surface area contributed by atoms with Gasteiger partial charge in [-0.1, -0.05) is 17.7 Å². The maximum Gasteiger partial charge on any atom is 0.318 e. The first-order valence-corrected chi connectivity index (χ1v) is 8.15. The van der Waals surface area contributed by atoms with E-state index < -0.39 is 6.04 Å². The molecule has 2 N–H and O–H groups in total. The monoisotopic (exact) mass is 339 g/mol. The van der Waals surface area contributed by atoms with Crippen LogP contribution in [0.1, 0.15) is 31.2 Å². The Balaban J connectivity index is 1.65. The van der Waals surface area contributed by atoms with Crippen molar-refractivity contribution in [3.05, 3.63) is 34.6 Å². The van der Waals surface area contributed by atoms with Crippen LogP contribution in [0, 0.1) is 5.82 Å². The van der Waals surface area contributed by atoms with Gasteiger partial charge in [-0.3, -0.25) is 4.79 Å². The Morgan fingerprint density at radius 3 is 3.00 bits per heavy atom. The molecule has 1 aromatic rings. The molecule has 124 valence electrons. The number of hydrogen-bond acceptors (Lipinski definition) is 2. The Kier molecular flexibility index (Phi) is 4.43. The predicted octanol–water partition coefficient (Wildman–Crippen LogP) is 2.25. The van der Waals surface area contributed by atoms with Crippen LogP contribution in [0.25, 0.3) is 0 Å². The van der Waals surface area contributed by atoms with E-state index in [1.54, 1.807) is 19.1 Å². The molecule has 0 radical (unpaired) electrons. The second kappa shape index (κ2) is 6.35. The summed E-state index contributed by atoms with van der Waals surface area (Å²) in [5, 5.41) is 6.04. The third-order valence-corrected chi connectivity index (χ3v) is 4.78. The average Bonchev–Trinajstić information content (AvgIpc) is 3.26. The largest absolute Gasteiger partial charge is 0.354 e. The number of carbonyl (C=O) groups is 2. The topological polar surface area (TPSA) is 61.4 Å². The number of halogens is 2. The molecule has 3 amide bonds. The summed E-state index contributed by atoms with van der Waals surface area (Å²) >= 11 is 6.06. The zero-order valence-corrected chi connectivity index (χ0v) is 13.6. The number of nitrogens with one attached hydrogen (secondary N) is 2. The molecule has 3 rings (SSSR count). The quantitative estimate of drug-likeness (QED) is 0.868. The van der Waals surface area contributed by atoms with Crippen molar-refractivity contribution in [2.75, 3.05) is 13.1 Å². The lowest BCUT2D eigenvalue weighted by atomic mass is 10.1. The van der Waals surface area contributed by atoms with Crippen molar-refractivity contribution in [3.8, 4) is 0 Å². The molecule has 23 heavy (non-hydrogen) atoms. The maximum atomic E-state index is 13.9. The van der Waals surface area contributed by atoms with Crippen LogP contribution in [0.4, 0.5) is 9.18 Å². The van der Waals surface area contributed by atoms with Gasteiger partial charge in [0.15, 0.2) is 0 Å². The summed E-state index contributed by atoms with van der Waals surface area (Å²) < 4.78 is 13.9. The lowest BCUT2D eigenvalue weighted by molar-refractivity contribution is -0.124. The summed E-state index contributed by atoms with van der Waals surface area (Å²) in [6, 6.07) is 3.66. The van der Waals surface area contributed by atoms with E-state index in [0.29, 0.717) is 30.1 Å². The number of amides is 3. The SMILES string of the molecule is CC1C(=O)NCCCN1C(=O)N[C@@H]1C[C@H]1c1c(F)cccc1Cl. The van der Waals surface area contributed by atoms with Crippen molar-refractivity contribution in [2.45, 2.75) is 37.8 Å². The molecule has 3 atom stereocenters. The first kappa shape index (κ1) is 16.1. The summed E-state index contributed by atoms with van der Waals surface area (Å²) in [5.41, 5.74) is 0.459. The summed E-state index contributed by atoms with van der Waals surface area (Å²) in [6.07, 6.45) is 1.37. The minimum Gasteiger partial charge on any atom is -0.354 e. The summed E-state index contributed by atoms with van der Waals surface area (Å²) in [7, 11) is 0. The number of carbonyl (C=O) groups excluding carboxylic acids is 2. The fourth-order valence-corrected chi connectivity index (χ4v) is 3.30. The van der Waals surface area contributed by atoms with Gasteiger partial charge >= 0.3 is 6.03 Å². The Morgan fingerprint density at radius 1 is 1.48 bits per heavy atom. The fraction of sp³-hybridized carbons (Fsp3) is 0.500. The second-order valence-corrected chi connectivity index (χ2v) is 6.45. The van der Waals surface area contributed by atoms with Gasteiger partial charge in [0, 0.05) is 35.6 Å². The molecule has 1 saturated heterocycles. The van der Waals surface area contributed by atoms with Gasteiger partial charge in [0.25, 0.3) is 0 Å². The molecule has 1 unspecified atom stereocenters. The maximum absolute atomic E-state index is 13.9. The van der Waals surface area contributed by atoms with Crippen molar-refractivity contribution < 1.29 is 14.0 Å². The highest BCUT2D eigenvalue weighted by Crippen LogP contribution is 2.45. The lowest BCUT2D eigenvalue weighted by Crippen LogP contribution is -2.50. The lowest BCUT2D eigenvalue weighted by Gasteiger charge is -2.25. The Labute approximate surface area is 139 Å². The molecular weight excluding hydrogens is 321 g/mol. The Hall–Kier alpha value is -1.82. The van der Waals surface area contributed by atoms with E-state index in [-0.39, 0.29) is 29.7 Å². The van der Waals surface area contributed by atoms with Gasteiger partial charge in [0.1, 0.15) is 11.9 Å². The van der Waals surface area contributed by atoms with Crippen LogP contribution in [-0.4, -0.2) is 42.0 Å². The van der Waals surface area contributed by atoms with Gasteiger partial charge in [-0.2, -0.15) is 0 Å². The van der Waals surface area contributed by atoms with E-state index in [1.807, 2.05) is 0 Å². The number of rotatable bonds is 2. The predicted molar refractivity (Wildman–Crippen MR) is 84.9 cm³/mol. The van der Waals surface area contributed by atoms with Gasteiger partial charge in [0.05, 0.1) is 0 Å². The molecular formula is C16H19ClFN3O2. The van der Waals surface area contributed by atoms with Crippen LogP contribution in [0.3, 0.4) is 0 Å². The molecule has 5 nitrogen and oxygen atoms in total. The minimum atomic E-state index is -0.508. The van der Waals surface area contributed by atoms with Crippen molar-refractivity contribution in [2.24, 2.45) is 0 Å². The second-order valence-electron chi connectivity index (χ2n) is 6.05. The molecule has 1 saturated carbocycles. The normalized spacial score (nSPS) is 27.2. The first-order chi connectivity index (χ1) is 11.0. The minimum absolute atomic E-state index is 0.108. The Bertz CT molecular complexity index is 620. The standard InChI is InChI=1S/C16H19ClFN3O2/c1-9-15(22)19-6-3-7-21(9)16(23)20-13-8-10(13)14-11(17)4-2-5-12(14)18/h2,4-5,9-10,13H,3,6-8H2,1H3,(H,19,22)(H,20,23)/t9?,10-,13-/m1/s1. The van der Waals surface area contributed by atoms with Crippen molar-refractivity contribution in [3.63, 3.8) is 0 Å². The van der Waals surface area contributed by atoms with E-state index in [1.165, 1.54) is 11.0 Å². The van der Waals surface area contributed by atoms with Crippen molar-refractivity contribution in [1.29, 1.82) is 0 Å². The molecule has 2 fully saturated rings. The molecule has 0 aromatic heterocycles. The molecule has 1 heterocycles. The smallest absolute Gasteiger partial charge is 0.318 e. The van der Waals surface area contributed by atoms with Gasteiger partial charge in [-0.25, -0.2) is 9.18 Å². The van der Waals surface area contributed by atoms with Crippen LogP contribution in [0.2, 0.25) is 5.02 Å². The molecule has 7 heteroatoms. The van der Waals surface area contributed by atoms with E-state index in [0.717, 1.165) is 6.42 Å². The third-order valence-electron chi connectivity index (χ3n) is 4.45. The Morgan fingerprint density at radius 2 is 2.26 bits per heavy atom. The summed E-state index contributed by atoms with van der Waals surface area (Å²) in [6.45, 7) is 2.80. The third kappa shape index (κ3) is 3.27. The van der Waals surface area contributed by atoms with Crippen LogP contribution < -0.4 is 10.6 Å².